The number of carbonyl (C=O) groups excluding carboxylic acids is 1. The van der Waals surface area contributed by atoms with Crippen LogP contribution in [0.25, 0.3) is 0 Å². The van der Waals surface area contributed by atoms with Gasteiger partial charge in [-0.1, -0.05) is 6.07 Å². The summed E-state index contributed by atoms with van der Waals surface area (Å²) < 4.78 is 5.28. The van der Waals surface area contributed by atoms with Crippen LogP contribution in [0.15, 0.2) is 29.6 Å². The largest absolute Gasteiger partial charge is 0.495 e. The van der Waals surface area contributed by atoms with E-state index in [4.69, 9.17) is 4.74 Å². The fourth-order valence-corrected chi connectivity index (χ4v) is 3.10. The second-order valence-corrected chi connectivity index (χ2v) is 6.65. The van der Waals surface area contributed by atoms with Gasteiger partial charge in [-0.05, 0) is 44.5 Å². The standard InChI is InChI=1S/C18H19N5O2S/c1-10-5-6-15(25-4)13(7-10)21-16(24)14-9-26-18(22-14)23-17-19-11(2)8-12(3)20-17/h5-9H,1-4H3,(H,21,24)(H,19,20,22,23). The summed E-state index contributed by atoms with van der Waals surface area (Å²) in [6.45, 7) is 5.75. The molecule has 0 spiro atoms. The molecule has 8 heteroatoms. The number of rotatable bonds is 5. The first kappa shape index (κ1) is 17.8. The molecule has 0 aliphatic rings. The van der Waals surface area contributed by atoms with Crippen LogP contribution in [0.3, 0.4) is 0 Å². The minimum Gasteiger partial charge on any atom is -0.495 e. The number of amides is 1. The minimum atomic E-state index is -0.306. The number of benzene rings is 1. The first-order chi connectivity index (χ1) is 12.4. The molecule has 26 heavy (non-hydrogen) atoms. The zero-order valence-corrected chi connectivity index (χ0v) is 15.8. The third-order valence-corrected chi connectivity index (χ3v) is 4.30. The number of hydrogen-bond acceptors (Lipinski definition) is 7. The molecule has 3 rings (SSSR count). The Balaban J connectivity index is 1.75. The van der Waals surface area contributed by atoms with Gasteiger partial charge in [0, 0.05) is 16.8 Å². The molecule has 0 saturated carbocycles. The molecule has 2 aromatic heterocycles. The molecule has 7 nitrogen and oxygen atoms in total. The third-order valence-electron chi connectivity index (χ3n) is 3.54. The normalized spacial score (nSPS) is 10.5. The molecule has 0 bridgehead atoms. The Morgan fingerprint density at radius 2 is 1.81 bits per heavy atom. The van der Waals surface area contributed by atoms with Gasteiger partial charge >= 0.3 is 0 Å². The van der Waals surface area contributed by atoms with Gasteiger partial charge in [0.2, 0.25) is 5.95 Å². The highest BCUT2D eigenvalue weighted by Gasteiger charge is 2.14. The van der Waals surface area contributed by atoms with Gasteiger partial charge in [0.15, 0.2) is 5.13 Å². The fraction of sp³-hybridized carbons (Fsp3) is 0.222. The van der Waals surface area contributed by atoms with Crippen LogP contribution in [0.2, 0.25) is 0 Å². The van der Waals surface area contributed by atoms with E-state index in [1.54, 1.807) is 12.5 Å². The quantitative estimate of drug-likeness (QED) is 0.710. The van der Waals surface area contributed by atoms with Crippen molar-refractivity contribution in [3.05, 3.63) is 52.3 Å². The Hall–Kier alpha value is -3.00. The van der Waals surface area contributed by atoms with Gasteiger partial charge in [0.05, 0.1) is 12.8 Å². The zero-order chi connectivity index (χ0) is 18.7. The van der Waals surface area contributed by atoms with Crippen LogP contribution in [-0.2, 0) is 0 Å². The Morgan fingerprint density at radius 3 is 2.50 bits per heavy atom. The second-order valence-electron chi connectivity index (χ2n) is 5.80. The first-order valence-corrected chi connectivity index (χ1v) is 8.83. The second kappa shape index (κ2) is 7.49. The van der Waals surface area contributed by atoms with Gasteiger partial charge in [-0.25, -0.2) is 15.0 Å². The number of hydrogen-bond donors (Lipinski definition) is 2. The lowest BCUT2D eigenvalue weighted by molar-refractivity contribution is 0.102. The lowest BCUT2D eigenvalue weighted by Crippen LogP contribution is -2.13. The van der Waals surface area contributed by atoms with Crippen molar-refractivity contribution in [1.82, 2.24) is 15.0 Å². The molecular formula is C18H19N5O2S. The van der Waals surface area contributed by atoms with Crippen LogP contribution in [-0.4, -0.2) is 28.0 Å². The lowest BCUT2D eigenvalue weighted by Gasteiger charge is -2.10. The van der Waals surface area contributed by atoms with Crippen molar-refractivity contribution in [3.8, 4) is 5.75 Å². The summed E-state index contributed by atoms with van der Waals surface area (Å²) in [5.41, 5.74) is 3.67. The number of nitrogens with one attached hydrogen (secondary N) is 2. The first-order valence-electron chi connectivity index (χ1n) is 7.95. The van der Waals surface area contributed by atoms with Crippen molar-refractivity contribution in [2.45, 2.75) is 20.8 Å². The Labute approximate surface area is 155 Å². The minimum absolute atomic E-state index is 0.306. The number of nitrogens with zero attached hydrogens (tertiary/aromatic N) is 3. The van der Waals surface area contributed by atoms with E-state index in [9.17, 15) is 4.79 Å². The van der Waals surface area contributed by atoms with E-state index in [1.165, 1.54) is 11.3 Å². The van der Waals surface area contributed by atoms with E-state index in [1.807, 2.05) is 45.0 Å². The Morgan fingerprint density at radius 1 is 1.08 bits per heavy atom. The summed E-state index contributed by atoms with van der Waals surface area (Å²) in [5.74, 6) is 0.755. The van der Waals surface area contributed by atoms with Gasteiger partial charge < -0.3 is 15.4 Å². The van der Waals surface area contributed by atoms with Crippen molar-refractivity contribution in [2.24, 2.45) is 0 Å². The van der Waals surface area contributed by atoms with Gasteiger partial charge in [0.25, 0.3) is 5.91 Å². The summed E-state index contributed by atoms with van der Waals surface area (Å²) in [4.78, 5) is 25.4. The third kappa shape index (κ3) is 4.15. The summed E-state index contributed by atoms with van der Waals surface area (Å²) in [7, 11) is 1.56. The average molecular weight is 369 g/mol. The van der Waals surface area contributed by atoms with Gasteiger partial charge in [-0.3, -0.25) is 4.79 Å². The number of ether oxygens (including phenoxy) is 1. The van der Waals surface area contributed by atoms with Crippen molar-refractivity contribution < 1.29 is 9.53 Å². The predicted molar refractivity (Wildman–Crippen MR) is 103 cm³/mol. The molecule has 0 radical (unpaired) electrons. The maximum atomic E-state index is 12.5. The van der Waals surface area contributed by atoms with Crippen LogP contribution in [0.4, 0.5) is 16.8 Å². The van der Waals surface area contributed by atoms with E-state index in [2.05, 4.69) is 25.6 Å². The van der Waals surface area contributed by atoms with Gasteiger partial charge in [-0.15, -0.1) is 11.3 Å². The number of anilines is 3. The van der Waals surface area contributed by atoms with Crippen LogP contribution >= 0.6 is 11.3 Å². The van der Waals surface area contributed by atoms with E-state index < -0.39 is 0 Å². The lowest BCUT2D eigenvalue weighted by atomic mass is 10.2. The molecule has 2 heterocycles. The molecule has 134 valence electrons. The smallest absolute Gasteiger partial charge is 0.275 e. The molecule has 0 saturated heterocycles. The predicted octanol–water partition coefficient (Wildman–Crippen LogP) is 3.86. The van der Waals surface area contributed by atoms with E-state index in [0.29, 0.717) is 28.2 Å². The van der Waals surface area contributed by atoms with Crippen LogP contribution < -0.4 is 15.4 Å². The number of aryl methyl sites for hydroxylation is 3. The SMILES string of the molecule is COc1ccc(C)cc1NC(=O)c1csc(Nc2nc(C)cc(C)n2)n1. The summed E-state index contributed by atoms with van der Waals surface area (Å²) in [6.07, 6.45) is 0. The van der Waals surface area contributed by atoms with Crippen molar-refractivity contribution in [2.75, 3.05) is 17.7 Å². The maximum Gasteiger partial charge on any atom is 0.275 e. The van der Waals surface area contributed by atoms with Gasteiger partial charge in [0.1, 0.15) is 11.4 Å². The highest BCUT2D eigenvalue weighted by Crippen LogP contribution is 2.26. The molecule has 0 aliphatic heterocycles. The Kier molecular flexibility index (Phi) is 5.13. The maximum absolute atomic E-state index is 12.5. The van der Waals surface area contributed by atoms with E-state index in [-0.39, 0.29) is 5.91 Å². The molecule has 2 N–H and O–H groups in total. The highest BCUT2D eigenvalue weighted by atomic mass is 32.1. The average Bonchev–Trinajstić information content (AvgIpc) is 3.02. The van der Waals surface area contributed by atoms with Crippen LogP contribution in [0.1, 0.15) is 27.4 Å². The topological polar surface area (TPSA) is 89.0 Å². The van der Waals surface area contributed by atoms with Gasteiger partial charge in [-0.2, -0.15) is 0 Å². The van der Waals surface area contributed by atoms with Crippen molar-refractivity contribution >= 4 is 34.0 Å². The number of methoxy groups -OCH3 is 1. The monoisotopic (exact) mass is 369 g/mol. The number of aromatic nitrogens is 3. The molecule has 0 unspecified atom stereocenters. The summed E-state index contributed by atoms with van der Waals surface area (Å²) in [5, 5.41) is 8.11. The number of thiazole rings is 1. The molecule has 0 atom stereocenters. The highest BCUT2D eigenvalue weighted by molar-refractivity contribution is 7.14. The molecule has 0 fully saturated rings. The van der Waals surface area contributed by atoms with Crippen molar-refractivity contribution in [1.29, 1.82) is 0 Å². The molecular weight excluding hydrogens is 350 g/mol. The van der Waals surface area contributed by atoms with Crippen LogP contribution in [0.5, 0.6) is 5.75 Å². The fourth-order valence-electron chi connectivity index (χ4n) is 2.42. The zero-order valence-electron chi connectivity index (χ0n) is 15.0. The summed E-state index contributed by atoms with van der Waals surface area (Å²) in [6, 6.07) is 7.48. The molecule has 1 aromatic carbocycles. The van der Waals surface area contributed by atoms with Crippen LogP contribution in [0, 0.1) is 20.8 Å². The van der Waals surface area contributed by atoms with E-state index in [0.717, 1.165) is 17.0 Å². The molecule has 3 aromatic rings. The molecule has 0 aliphatic carbocycles. The number of carbonyl (C=O) groups is 1. The Bertz CT molecular complexity index is 934. The molecule has 1 amide bonds. The summed E-state index contributed by atoms with van der Waals surface area (Å²) >= 11 is 1.31. The van der Waals surface area contributed by atoms with E-state index >= 15 is 0 Å². The van der Waals surface area contributed by atoms with Crippen molar-refractivity contribution in [3.63, 3.8) is 0 Å².